The lowest BCUT2D eigenvalue weighted by atomic mass is 9.55. The highest BCUT2D eigenvalue weighted by Crippen LogP contribution is 2.61. The Kier molecular flexibility index (Phi) is 4.30. The molecular weight excluding hydrogens is 326 g/mol. The van der Waals surface area contributed by atoms with E-state index >= 15 is 0 Å². The molecule has 0 spiro atoms. The van der Waals surface area contributed by atoms with E-state index in [1.807, 2.05) is 7.05 Å². The van der Waals surface area contributed by atoms with E-state index in [1.54, 1.807) is 18.9 Å². The molecule has 0 aliphatic heterocycles. The molecule has 1 N–H and O–H groups in total. The summed E-state index contributed by atoms with van der Waals surface area (Å²) in [6.45, 7) is 3.93. The predicted molar refractivity (Wildman–Crippen MR) is 101 cm³/mol. The molecule has 6 atom stereocenters. The Labute approximate surface area is 156 Å². The van der Waals surface area contributed by atoms with Gasteiger partial charge in [-0.3, -0.25) is 4.79 Å². The highest BCUT2D eigenvalue weighted by molar-refractivity contribution is 5.73. The van der Waals surface area contributed by atoms with E-state index in [1.165, 1.54) is 17.5 Å². The highest BCUT2D eigenvalue weighted by Gasteiger charge is 2.59. The number of hydrogen-bond acceptors (Lipinski definition) is 3. The van der Waals surface area contributed by atoms with Crippen LogP contribution in [0.3, 0.4) is 0 Å². The number of likely N-dealkylation sites (N-methyl/N-ethyl adjacent to an activating group) is 1. The molecule has 142 valence electrons. The molecule has 0 radical (unpaired) electrons. The molecule has 0 heterocycles. The number of benzene rings is 1. The fraction of sp³-hybridized carbons (Fsp3) is 0.682. The second-order valence-electron chi connectivity index (χ2n) is 8.90. The van der Waals surface area contributed by atoms with Gasteiger partial charge in [-0.1, -0.05) is 13.0 Å². The monoisotopic (exact) mass is 357 g/mol. The first kappa shape index (κ1) is 17.8. The van der Waals surface area contributed by atoms with Gasteiger partial charge in [0.15, 0.2) is 0 Å². The predicted octanol–water partition coefficient (Wildman–Crippen LogP) is 3.37. The number of rotatable bonds is 2. The summed E-state index contributed by atoms with van der Waals surface area (Å²) in [7, 11) is 3.59. The molecule has 26 heavy (non-hydrogen) atoms. The third-order valence-electron chi connectivity index (χ3n) is 7.82. The second kappa shape index (κ2) is 6.26. The van der Waals surface area contributed by atoms with Crippen LogP contribution in [0.1, 0.15) is 56.6 Å². The van der Waals surface area contributed by atoms with Gasteiger partial charge in [-0.2, -0.15) is 0 Å². The van der Waals surface area contributed by atoms with E-state index in [4.69, 9.17) is 4.74 Å². The molecule has 3 aliphatic carbocycles. The van der Waals surface area contributed by atoms with Gasteiger partial charge < -0.3 is 14.7 Å². The topological polar surface area (TPSA) is 49.8 Å². The van der Waals surface area contributed by atoms with Crippen molar-refractivity contribution in [3.63, 3.8) is 0 Å². The molecule has 1 aromatic rings. The van der Waals surface area contributed by atoms with Crippen molar-refractivity contribution in [2.24, 2.45) is 17.3 Å². The summed E-state index contributed by atoms with van der Waals surface area (Å²) in [6, 6.07) is 6.50. The van der Waals surface area contributed by atoms with E-state index in [9.17, 15) is 9.90 Å². The maximum absolute atomic E-state index is 12.0. The van der Waals surface area contributed by atoms with E-state index in [-0.39, 0.29) is 17.4 Å². The van der Waals surface area contributed by atoms with Crippen molar-refractivity contribution >= 4 is 5.91 Å². The van der Waals surface area contributed by atoms with Gasteiger partial charge in [0, 0.05) is 14.0 Å². The number of aliphatic hydroxyl groups excluding tert-OH is 1. The Morgan fingerprint density at radius 3 is 2.81 bits per heavy atom. The third-order valence-corrected chi connectivity index (χ3v) is 7.82. The van der Waals surface area contributed by atoms with Crippen molar-refractivity contribution < 1.29 is 14.6 Å². The SMILES string of the molecule is COc1ccc2c(c1)CC[C@@H]1[C@@H]2CC[C@]2(C)[C@@H](N(C)C(C)=O)[C@@H](O)C[C@@H]12. The van der Waals surface area contributed by atoms with Crippen LogP contribution in [0, 0.1) is 17.3 Å². The number of amides is 1. The van der Waals surface area contributed by atoms with Gasteiger partial charge in [0.25, 0.3) is 0 Å². The molecule has 4 rings (SSSR count). The molecule has 1 aromatic carbocycles. The van der Waals surface area contributed by atoms with Gasteiger partial charge in [-0.25, -0.2) is 0 Å². The number of carbonyl (C=O) groups excluding carboxylic acids is 1. The molecule has 0 aromatic heterocycles. The molecule has 2 fully saturated rings. The lowest BCUT2D eigenvalue weighted by molar-refractivity contribution is -0.135. The number of nitrogens with zero attached hydrogens (tertiary/aromatic N) is 1. The van der Waals surface area contributed by atoms with Gasteiger partial charge in [-0.05, 0) is 78.5 Å². The number of aliphatic hydroxyl groups is 1. The van der Waals surface area contributed by atoms with Gasteiger partial charge >= 0.3 is 0 Å². The standard InChI is InChI=1S/C22H31NO3/c1-13(24)23(3)21-20(25)12-19-18-7-5-14-11-15(26-4)6-8-16(14)17(18)9-10-22(19,21)2/h6,8,11,17-21,25H,5,7,9-10,12H2,1-4H3/t17-,18-,19+,20+,21+,22+/m1/s1. The number of fused-ring (bicyclic) bond motifs is 5. The fourth-order valence-electron chi connectivity index (χ4n) is 6.57. The zero-order chi connectivity index (χ0) is 18.6. The summed E-state index contributed by atoms with van der Waals surface area (Å²) in [4.78, 5) is 13.8. The first-order valence-corrected chi connectivity index (χ1v) is 9.95. The quantitative estimate of drug-likeness (QED) is 0.883. The van der Waals surface area contributed by atoms with Gasteiger partial charge in [-0.15, -0.1) is 0 Å². The van der Waals surface area contributed by atoms with E-state index in [2.05, 4.69) is 25.1 Å². The van der Waals surface area contributed by atoms with Crippen LogP contribution < -0.4 is 4.74 Å². The Morgan fingerprint density at radius 1 is 1.35 bits per heavy atom. The van der Waals surface area contributed by atoms with Crippen LogP contribution in [0.2, 0.25) is 0 Å². The molecule has 2 saturated carbocycles. The Bertz CT molecular complexity index is 717. The minimum absolute atomic E-state index is 0.0188. The first-order chi connectivity index (χ1) is 12.4. The summed E-state index contributed by atoms with van der Waals surface area (Å²) in [5, 5.41) is 10.8. The van der Waals surface area contributed by atoms with E-state index in [0.717, 1.165) is 31.4 Å². The fourth-order valence-corrected chi connectivity index (χ4v) is 6.57. The molecular formula is C22H31NO3. The summed E-state index contributed by atoms with van der Waals surface area (Å²) < 4.78 is 5.41. The van der Waals surface area contributed by atoms with Crippen LogP contribution in [0.5, 0.6) is 5.75 Å². The Hall–Kier alpha value is -1.55. The zero-order valence-corrected chi connectivity index (χ0v) is 16.4. The number of aryl methyl sites for hydroxylation is 1. The summed E-state index contributed by atoms with van der Waals surface area (Å²) >= 11 is 0. The first-order valence-electron chi connectivity index (χ1n) is 9.95. The summed E-state index contributed by atoms with van der Waals surface area (Å²) in [6.07, 6.45) is 4.90. The number of methoxy groups -OCH3 is 1. The maximum Gasteiger partial charge on any atom is 0.219 e. The molecule has 1 amide bonds. The summed E-state index contributed by atoms with van der Waals surface area (Å²) in [5.74, 6) is 2.67. The Morgan fingerprint density at radius 2 is 2.12 bits per heavy atom. The maximum atomic E-state index is 12.0. The molecule has 4 nitrogen and oxygen atoms in total. The van der Waals surface area contributed by atoms with Gasteiger partial charge in [0.2, 0.25) is 5.91 Å². The molecule has 0 unspecified atom stereocenters. The van der Waals surface area contributed by atoms with Crippen molar-refractivity contribution in [3.8, 4) is 5.75 Å². The highest BCUT2D eigenvalue weighted by atomic mass is 16.5. The van der Waals surface area contributed by atoms with Crippen LogP contribution in [-0.2, 0) is 11.2 Å². The molecule has 0 saturated heterocycles. The minimum Gasteiger partial charge on any atom is -0.497 e. The smallest absolute Gasteiger partial charge is 0.219 e. The van der Waals surface area contributed by atoms with Crippen molar-refractivity contribution in [1.82, 2.24) is 4.90 Å². The van der Waals surface area contributed by atoms with Crippen LogP contribution >= 0.6 is 0 Å². The third kappa shape index (κ3) is 2.49. The zero-order valence-electron chi connectivity index (χ0n) is 16.4. The van der Waals surface area contributed by atoms with Crippen molar-refractivity contribution in [2.45, 2.75) is 64.0 Å². The molecule has 0 bridgehead atoms. The van der Waals surface area contributed by atoms with E-state index in [0.29, 0.717) is 17.8 Å². The largest absolute Gasteiger partial charge is 0.497 e. The van der Waals surface area contributed by atoms with Crippen molar-refractivity contribution in [3.05, 3.63) is 29.3 Å². The second-order valence-corrected chi connectivity index (χ2v) is 8.90. The van der Waals surface area contributed by atoms with Crippen LogP contribution in [0.4, 0.5) is 0 Å². The van der Waals surface area contributed by atoms with E-state index < -0.39 is 6.10 Å². The van der Waals surface area contributed by atoms with Gasteiger partial charge in [0.1, 0.15) is 5.75 Å². The lowest BCUT2D eigenvalue weighted by Crippen LogP contribution is -2.52. The van der Waals surface area contributed by atoms with Crippen molar-refractivity contribution in [1.29, 1.82) is 0 Å². The van der Waals surface area contributed by atoms with Gasteiger partial charge in [0.05, 0.1) is 19.3 Å². The molecule has 4 heteroatoms. The van der Waals surface area contributed by atoms with Crippen molar-refractivity contribution in [2.75, 3.05) is 14.2 Å². The summed E-state index contributed by atoms with van der Waals surface area (Å²) in [5.41, 5.74) is 2.94. The average Bonchev–Trinajstić information content (AvgIpc) is 2.90. The Balaban J connectivity index is 1.66. The van der Waals surface area contributed by atoms with Crippen LogP contribution in [0.15, 0.2) is 18.2 Å². The van der Waals surface area contributed by atoms with Crippen LogP contribution in [0.25, 0.3) is 0 Å². The van der Waals surface area contributed by atoms with Crippen LogP contribution in [-0.4, -0.2) is 42.2 Å². The average molecular weight is 357 g/mol. The molecule has 3 aliphatic rings. The lowest BCUT2D eigenvalue weighted by Gasteiger charge is -2.52. The number of hydrogen-bond donors (Lipinski definition) is 1. The number of carbonyl (C=O) groups is 1. The minimum atomic E-state index is -0.407. The number of ether oxygens (including phenoxy) is 1. The normalized spacial score (nSPS) is 38.1.